The van der Waals surface area contributed by atoms with Gasteiger partial charge in [-0.25, -0.2) is 0 Å². The number of pyridine rings is 1. The molecule has 0 aliphatic heterocycles. The summed E-state index contributed by atoms with van der Waals surface area (Å²) in [6.07, 6.45) is 3.86. The first kappa shape index (κ1) is 13.5. The third-order valence-electron chi connectivity index (χ3n) is 2.93. The average molecular weight is 260 g/mol. The lowest BCUT2D eigenvalue weighted by Crippen LogP contribution is -2.30. The molecular weight excluding hydrogens is 240 g/mol. The van der Waals surface area contributed by atoms with Gasteiger partial charge < -0.3 is 10.4 Å². The van der Waals surface area contributed by atoms with E-state index in [0.29, 0.717) is 12.2 Å². The number of aromatic hydroxyl groups is 1. The van der Waals surface area contributed by atoms with Crippen molar-refractivity contribution in [3.63, 3.8) is 0 Å². The summed E-state index contributed by atoms with van der Waals surface area (Å²) in [5.74, 6) is 0.236. The molecule has 2 N–H and O–H groups in total. The summed E-state index contributed by atoms with van der Waals surface area (Å²) in [5, 5.41) is 17.3. The number of aryl methyl sites for hydroxylation is 2. The first-order valence-electron chi connectivity index (χ1n) is 6.42. The van der Waals surface area contributed by atoms with Crippen molar-refractivity contribution in [3.05, 3.63) is 41.5 Å². The fourth-order valence-corrected chi connectivity index (χ4v) is 1.92. The summed E-state index contributed by atoms with van der Waals surface area (Å²) in [5.41, 5.74) is 2.75. The van der Waals surface area contributed by atoms with Crippen molar-refractivity contribution in [2.24, 2.45) is 0 Å². The molecule has 5 nitrogen and oxygen atoms in total. The van der Waals surface area contributed by atoms with Crippen LogP contribution >= 0.6 is 0 Å². The van der Waals surface area contributed by atoms with Crippen LogP contribution in [0.3, 0.4) is 0 Å². The van der Waals surface area contributed by atoms with E-state index in [0.717, 1.165) is 17.8 Å². The van der Waals surface area contributed by atoms with Crippen molar-refractivity contribution in [3.8, 4) is 5.75 Å². The highest BCUT2D eigenvalue weighted by Gasteiger charge is 2.07. The van der Waals surface area contributed by atoms with Crippen molar-refractivity contribution in [1.82, 2.24) is 20.1 Å². The molecule has 0 bridgehead atoms. The van der Waals surface area contributed by atoms with Crippen LogP contribution in [0.2, 0.25) is 0 Å². The zero-order chi connectivity index (χ0) is 13.8. The third-order valence-corrected chi connectivity index (χ3v) is 2.93. The molecule has 0 saturated heterocycles. The second-order valence-electron chi connectivity index (χ2n) is 4.94. The molecule has 0 aliphatic rings. The van der Waals surface area contributed by atoms with E-state index >= 15 is 0 Å². The summed E-state index contributed by atoms with van der Waals surface area (Å²) in [6, 6.07) is 3.73. The van der Waals surface area contributed by atoms with Crippen LogP contribution < -0.4 is 5.32 Å². The number of aromatic nitrogens is 3. The van der Waals surface area contributed by atoms with Crippen LogP contribution in [0.25, 0.3) is 0 Å². The Labute approximate surface area is 113 Å². The van der Waals surface area contributed by atoms with Gasteiger partial charge in [0, 0.05) is 24.5 Å². The Morgan fingerprint density at radius 3 is 2.84 bits per heavy atom. The molecule has 2 aromatic heterocycles. The lowest BCUT2D eigenvalue weighted by atomic mass is 10.2. The standard InChI is InChI=1S/C14H20N4O/c1-10-6-16-18(8-10)9-12(3)15-7-13-14(19)5-4-11(2)17-13/h4-6,8,12,15,19H,7,9H2,1-3H3/t12-/m0/s1. The first-order valence-corrected chi connectivity index (χ1v) is 6.42. The van der Waals surface area contributed by atoms with Crippen molar-refractivity contribution in [1.29, 1.82) is 0 Å². The lowest BCUT2D eigenvalue weighted by Gasteiger charge is -2.14. The monoisotopic (exact) mass is 260 g/mol. The van der Waals surface area contributed by atoms with Gasteiger partial charge in [0.25, 0.3) is 0 Å². The molecule has 2 heterocycles. The largest absolute Gasteiger partial charge is 0.506 e. The Hall–Kier alpha value is -1.88. The van der Waals surface area contributed by atoms with Gasteiger partial charge in [-0.05, 0) is 38.5 Å². The Bertz CT molecular complexity index is 550. The quantitative estimate of drug-likeness (QED) is 0.860. The Morgan fingerprint density at radius 1 is 1.37 bits per heavy atom. The smallest absolute Gasteiger partial charge is 0.138 e. The fraction of sp³-hybridized carbons (Fsp3) is 0.429. The van der Waals surface area contributed by atoms with Crippen molar-refractivity contribution < 1.29 is 5.11 Å². The predicted octanol–water partition coefficient (Wildman–Crippen LogP) is 1.78. The number of hydrogen-bond acceptors (Lipinski definition) is 4. The zero-order valence-electron chi connectivity index (χ0n) is 11.6. The molecule has 0 aromatic carbocycles. The van der Waals surface area contributed by atoms with Crippen LogP contribution in [0.15, 0.2) is 24.5 Å². The van der Waals surface area contributed by atoms with Crippen LogP contribution in [0.1, 0.15) is 23.9 Å². The maximum absolute atomic E-state index is 9.72. The van der Waals surface area contributed by atoms with E-state index in [1.54, 1.807) is 12.1 Å². The van der Waals surface area contributed by atoms with Gasteiger partial charge in [-0.3, -0.25) is 9.67 Å². The van der Waals surface area contributed by atoms with E-state index in [9.17, 15) is 5.11 Å². The molecule has 2 rings (SSSR count). The first-order chi connectivity index (χ1) is 9.04. The van der Waals surface area contributed by atoms with Gasteiger partial charge in [0.1, 0.15) is 5.75 Å². The molecule has 0 radical (unpaired) electrons. The van der Waals surface area contributed by atoms with Crippen LogP contribution in [0, 0.1) is 13.8 Å². The second-order valence-corrected chi connectivity index (χ2v) is 4.94. The summed E-state index contributed by atoms with van der Waals surface area (Å²) in [6.45, 7) is 7.37. The molecule has 19 heavy (non-hydrogen) atoms. The maximum atomic E-state index is 9.72. The lowest BCUT2D eigenvalue weighted by molar-refractivity contribution is 0.429. The van der Waals surface area contributed by atoms with Crippen LogP contribution in [-0.2, 0) is 13.1 Å². The molecule has 102 valence electrons. The minimum Gasteiger partial charge on any atom is -0.506 e. The predicted molar refractivity (Wildman–Crippen MR) is 73.9 cm³/mol. The van der Waals surface area contributed by atoms with Crippen LogP contribution in [0.4, 0.5) is 0 Å². The van der Waals surface area contributed by atoms with E-state index < -0.39 is 0 Å². The Kier molecular flexibility index (Phi) is 4.16. The van der Waals surface area contributed by atoms with Gasteiger partial charge >= 0.3 is 0 Å². The Balaban J connectivity index is 1.89. The molecule has 0 fully saturated rings. The molecule has 0 amide bonds. The average Bonchev–Trinajstić information content (AvgIpc) is 2.76. The molecule has 5 heteroatoms. The minimum atomic E-state index is 0.236. The highest BCUT2D eigenvalue weighted by atomic mass is 16.3. The number of rotatable bonds is 5. The molecular formula is C14H20N4O. The molecule has 2 aromatic rings. The normalized spacial score (nSPS) is 12.6. The van der Waals surface area contributed by atoms with Gasteiger partial charge in [0.05, 0.1) is 18.4 Å². The topological polar surface area (TPSA) is 63.0 Å². The second kappa shape index (κ2) is 5.84. The maximum Gasteiger partial charge on any atom is 0.138 e. The fourth-order valence-electron chi connectivity index (χ4n) is 1.92. The van der Waals surface area contributed by atoms with E-state index in [1.165, 1.54) is 0 Å². The van der Waals surface area contributed by atoms with Gasteiger partial charge in [-0.1, -0.05) is 0 Å². The van der Waals surface area contributed by atoms with Gasteiger partial charge in [-0.2, -0.15) is 5.10 Å². The number of nitrogens with one attached hydrogen (secondary N) is 1. The molecule has 1 atom stereocenters. The molecule has 0 unspecified atom stereocenters. The van der Waals surface area contributed by atoms with Crippen LogP contribution in [-0.4, -0.2) is 25.9 Å². The van der Waals surface area contributed by atoms with Gasteiger partial charge in [0.2, 0.25) is 0 Å². The Morgan fingerprint density at radius 2 is 2.16 bits per heavy atom. The highest BCUT2D eigenvalue weighted by molar-refractivity contribution is 5.27. The van der Waals surface area contributed by atoms with E-state index in [2.05, 4.69) is 22.3 Å². The number of nitrogens with zero attached hydrogens (tertiary/aromatic N) is 3. The van der Waals surface area contributed by atoms with Crippen molar-refractivity contribution in [2.75, 3.05) is 0 Å². The van der Waals surface area contributed by atoms with Crippen molar-refractivity contribution in [2.45, 2.75) is 39.9 Å². The van der Waals surface area contributed by atoms with Crippen LogP contribution in [0.5, 0.6) is 5.75 Å². The minimum absolute atomic E-state index is 0.236. The SMILES string of the molecule is Cc1cnn(C[C@H](C)NCc2nc(C)ccc2O)c1. The summed E-state index contributed by atoms with van der Waals surface area (Å²) < 4.78 is 1.91. The zero-order valence-corrected chi connectivity index (χ0v) is 11.6. The molecule has 0 saturated carbocycles. The number of hydrogen-bond donors (Lipinski definition) is 2. The highest BCUT2D eigenvalue weighted by Crippen LogP contribution is 2.14. The van der Waals surface area contributed by atoms with E-state index in [4.69, 9.17) is 0 Å². The van der Waals surface area contributed by atoms with Gasteiger partial charge in [-0.15, -0.1) is 0 Å². The third kappa shape index (κ3) is 3.79. The molecule has 0 spiro atoms. The molecule has 0 aliphatic carbocycles. The summed E-state index contributed by atoms with van der Waals surface area (Å²) in [4.78, 5) is 4.32. The van der Waals surface area contributed by atoms with E-state index in [-0.39, 0.29) is 11.8 Å². The van der Waals surface area contributed by atoms with E-state index in [1.807, 2.05) is 30.9 Å². The summed E-state index contributed by atoms with van der Waals surface area (Å²) in [7, 11) is 0. The van der Waals surface area contributed by atoms with Gasteiger partial charge in [0.15, 0.2) is 0 Å². The summed E-state index contributed by atoms with van der Waals surface area (Å²) >= 11 is 0. The van der Waals surface area contributed by atoms with Crippen molar-refractivity contribution >= 4 is 0 Å².